The molecule has 0 aromatic heterocycles. The summed E-state index contributed by atoms with van der Waals surface area (Å²) in [5.41, 5.74) is 0.982. The van der Waals surface area contributed by atoms with Gasteiger partial charge < -0.3 is 25.2 Å². The van der Waals surface area contributed by atoms with Gasteiger partial charge in [0.05, 0.1) is 20.8 Å². The molecule has 1 aromatic rings. The SMILES string of the molecule is CCNC(=NCc1ccc(OC)cc1OC)NCC(C)CO. The van der Waals surface area contributed by atoms with Crippen LogP contribution < -0.4 is 20.1 Å². The Kier molecular flexibility index (Phi) is 8.14. The van der Waals surface area contributed by atoms with Crippen LogP contribution in [0.1, 0.15) is 19.4 Å². The minimum Gasteiger partial charge on any atom is -0.497 e. The normalized spacial score (nSPS) is 12.7. The smallest absolute Gasteiger partial charge is 0.191 e. The number of hydrogen-bond donors (Lipinski definition) is 3. The van der Waals surface area contributed by atoms with Gasteiger partial charge in [-0.2, -0.15) is 0 Å². The van der Waals surface area contributed by atoms with Gasteiger partial charge in [0.25, 0.3) is 0 Å². The summed E-state index contributed by atoms with van der Waals surface area (Å²) in [7, 11) is 3.26. The second-order valence-corrected chi connectivity index (χ2v) is 5.04. The molecule has 0 heterocycles. The Morgan fingerprint density at radius 2 is 2.05 bits per heavy atom. The van der Waals surface area contributed by atoms with Crippen molar-refractivity contribution < 1.29 is 14.6 Å². The number of benzene rings is 1. The topological polar surface area (TPSA) is 75.1 Å². The monoisotopic (exact) mass is 309 g/mol. The molecule has 0 saturated carbocycles. The summed E-state index contributed by atoms with van der Waals surface area (Å²) in [6, 6.07) is 5.68. The summed E-state index contributed by atoms with van der Waals surface area (Å²) in [5, 5.41) is 15.5. The molecular weight excluding hydrogens is 282 g/mol. The molecule has 1 unspecified atom stereocenters. The zero-order chi connectivity index (χ0) is 16.4. The van der Waals surface area contributed by atoms with E-state index in [0.717, 1.165) is 29.6 Å². The lowest BCUT2D eigenvalue weighted by molar-refractivity contribution is 0.238. The van der Waals surface area contributed by atoms with Gasteiger partial charge in [0.15, 0.2) is 5.96 Å². The second kappa shape index (κ2) is 9.89. The molecule has 1 atom stereocenters. The van der Waals surface area contributed by atoms with E-state index in [4.69, 9.17) is 14.6 Å². The lowest BCUT2D eigenvalue weighted by Gasteiger charge is -2.14. The molecule has 0 aliphatic rings. The van der Waals surface area contributed by atoms with Gasteiger partial charge in [-0.05, 0) is 25.0 Å². The maximum atomic E-state index is 9.07. The molecule has 1 aromatic carbocycles. The van der Waals surface area contributed by atoms with Crippen LogP contribution in [0.15, 0.2) is 23.2 Å². The van der Waals surface area contributed by atoms with Crippen LogP contribution in [0.3, 0.4) is 0 Å². The number of guanidine groups is 1. The number of aliphatic hydroxyl groups is 1. The molecule has 0 fully saturated rings. The van der Waals surface area contributed by atoms with Gasteiger partial charge >= 0.3 is 0 Å². The van der Waals surface area contributed by atoms with Gasteiger partial charge in [-0.3, -0.25) is 0 Å². The molecule has 0 radical (unpaired) electrons. The van der Waals surface area contributed by atoms with Gasteiger partial charge in [0, 0.05) is 31.3 Å². The van der Waals surface area contributed by atoms with Crippen molar-refractivity contribution in [3.63, 3.8) is 0 Å². The first-order chi connectivity index (χ1) is 10.6. The van der Waals surface area contributed by atoms with Gasteiger partial charge in [-0.25, -0.2) is 4.99 Å². The number of hydrogen-bond acceptors (Lipinski definition) is 4. The molecule has 6 nitrogen and oxygen atoms in total. The van der Waals surface area contributed by atoms with E-state index in [0.29, 0.717) is 13.1 Å². The van der Waals surface area contributed by atoms with Crippen molar-refractivity contribution in [2.45, 2.75) is 20.4 Å². The number of ether oxygens (including phenoxy) is 2. The molecule has 1 rings (SSSR count). The zero-order valence-electron chi connectivity index (χ0n) is 13.8. The van der Waals surface area contributed by atoms with Crippen molar-refractivity contribution in [3.8, 4) is 11.5 Å². The summed E-state index contributed by atoms with van der Waals surface area (Å²) in [6.45, 7) is 6.08. The van der Waals surface area contributed by atoms with Crippen LogP contribution in [0, 0.1) is 5.92 Å². The van der Waals surface area contributed by atoms with Crippen LogP contribution in [0.2, 0.25) is 0 Å². The van der Waals surface area contributed by atoms with E-state index in [9.17, 15) is 0 Å². The Hall–Kier alpha value is -1.95. The predicted octanol–water partition coefficient (Wildman–Crippen LogP) is 1.39. The highest BCUT2D eigenvalue weighted by Crippen LogP contribution is 2.25. The fourth-order valence-electron chi connectivity index (χ4n) is 1.82. The van der Waals surface area contributed by atoms with Crippen molar-refractivity contribution in [1.82, 2.24) is 10.6 Å². The van der Waals surface area contributed by atoms with E-state index < -0.39 is 0 Å². The molecule has 3 N–H and O–H groups in total. The van der Waals surface area contributed by atoms with Gasteiger partial charge in [0.2, 0.25) is 0 Å². The number of aliphatic imine (C=N–C) groups is 1. The standard InChI is InChI=1S/C16H27N3O3/c1-5-17-16(18-9-12(2)11-20)19-10-13-6-7-14(21-3)8-15(13)22-4/h6-8,12,20H,5,9-11H2,1-4H3,(H2,17,18,19). The van der Waals surface area contributed by atoms with Crippen molar-refractivity contribution in [2.24, 2.45) is 10.9 Å². The molecule has 0 aliphatic carbocycles. The van der Waals surface area contributed by atoms with Crippen LogP contribution in [0.25, 0.3) is 0 Å². The zero-order valence-corrected chi connectivity index (χ0v) is 13.8. The highest BCUT2D eigenvalue weighted by atomic mass is 16.5. The van der Waals surface area contributed by atoms with E-state index in [1.165, 1.54) is 0 Å². The van der Waals surface area contributed by atoms with Gasteiger partial charge in [-0.1, -0.05) is 6.92 Å². The Balaban J connectivity index is 2.76. The van der Waals surface area contributed by atoms with Crippen LogP contribution >= 0.6 is 0 Å². The quantitative estimate of drug-likeness (QED) is 0.500. The van der Waals surface area contributed by atoms with Crippen LogP contribution in [-0.2, 0) is 6.54 Å². The Bertz CT molecular complexity index is 478. The molecule has 22 heavy (non-hydrogen) atoms. The number of nitrogens with zero attached hydrogens (tertiary/aromatic N) is 1. The third kappa shape index (κ3) is 5.81. The lowest BCUT2D eigenvalue weighted by atomic mass is 10.2. The minimum atomic E-state index is 0.151. The Morgan fingerprint density at radius 3 is 2.64 bits per heavy atom. The summed E-state index contributed by atoms with van der Waals surface area (Å²) in [6.07, 6.45) is 0. The van der Waals surface area contributed by atoms with Crippen molar-refractivity contribution in [2.75, 3.05) is 33.9 Å². The van der Waals surface area contributed by atoms with Crippen LogP contribution in [0.4, 0.5) is 0 Å². The molecule has 0 spiro atoms. The summed E-state index contributed by atoms with van der Waals surface area (Å²) in [4.78, 5) is 4.55. The molecule has 6 heteroatoms. The van der Waals surface area contributed by atoms with Gasteiger partial charge in [-0.15, -0.1) is 0 Å². The van der Waals surface area contributed by atoms with Crippen molar-refractivity contribution >= 4 is 5.96 Å². The maximum Gasteiger partial charge on any atom is 0.191 e. The average molecular weight is 309 g/mol. The summed E-state index contributed by atoms with van der Waals surface area (Å²) >= 11 is 0. The number of nitrogens with one attached hydrogen (secondary N) is 2. The molecule has 0 aliphatic heterocycles. The molecule has 0 bridgehead atoms. The number of rotatable bonds is 8. The lowest BCUT2D eigenvalue weighted by Crippen LogP contribution is -2.39. The first kappa shape index (κ1) is 18.1. The van der Waals surface area contributed by atoms with Crippen molar-refractivity contribution in [1.29, 1.82) is 0 Å². The Labute approximate surface area is 132 Å². The summed E-state index contributed by atoms with van der Waals surface area (Å²) in [5.74, 6) is 2.41. The van der Waals surface area contributed by atoms with E-state index in [1.54, 1.807) is 14.2 Å². The van der Waals surface area contributed by atoms with E-state index in [1.807, 2.05) is 32.0 Å². The minimum absolute atomic E-state index is 0.151. The first-order valence-electron chi connectivity index (χ1n) is 7.48. The fourth-order valence-corrected chi connectivity index (χ4v) is 1.82. The summed E-state index contributed by atoms with van der Waals surface area (Å²) < 4.78 is 10.6. The van der Waals surface area contributed by atoms with Crippen LogP contribution in [0.5, 0.6) is 11.5 Å². The largest absolute Gasteiger partial charge is 0.497 e. The molecule has 0 saturated heterocycles. The molecule has 0 amide bonds. The third-order valence-corrected chi connectivity index (χ3v) is 3.18. The van der Waals surface area contributed by atoms with E-state index >= 15 is 0 Å². The highest BCUT2D eigenvalue weighted by molar-refractivity contribution is 5.79. The van der Waals surface area contributed by atoms with Gasteiger partial charge in [0.1, 0.15) is 11.5 Å². The predicted molar refractivity (Wildman–Crippen MR) is 88.6 cm³/mol. The van der Waals surface area contributed by atoms with Crippen molar-refractivity contribution in [3.05, 3.63) is 23.8 Å². The molecular formula is C16H27N3O3. The van der Waals surface area contributed by atoms with E-state index in [2.05, 4.69) is 15.6 Å². The average Bonchev–Trinajstić information content (AvgIpc) is 2.56. The van der Waals surface area contributed by atoms with Crippen LogP contribution in [-0.4, -0.2) is 45.0 Å². The number of aliphatic hydroxyl groups excluding tert-OH is 1. The first-order valence-corrected chi connectivity index (χ1v) is 7.48. The number of methoxy groups -OCH3 is 2. The highest BCUT2D eigenvalue weighted by Gasteiger charge is 2.06. The van der Waals surface area contributed by atoms with E-state index in [-0.39, 0.29) is 12.5 Å². The molecule has 124 valence electrons. The fraction of sp³-hybridized carbons (Fsp3) is 0.562. The second-order valence-electron chi connectivity index (χ2n) is 5.04. The third-order valence-electron chi connectivity index (χ3n) is 3.18. The maximum absolute atomic E-state index is 9.07. The Morgan fingerprint density at radius 1 is 1.27 bits per heavy atom.